The summed E-state index contributed by atoms with van der Waals surface area (Å²) in [7, 11) is 1.56. The van der Waals surface area contributed by atoms with Crippen molar-refractivity contribution in [3.8, 4) is 5.75 Å². The smallest absolute Gasteiger partial charge is 0.418 e. The first-order valence-corrected chi connectivity index (χ1v) is 11.2. The standard InChI is InChI=1S/C27H30N2O6/c1-27(2,3)35-26(30)28(21-12-14-22(33-4)15-13-21)17-16-23(20-9-6-5-7-10-20)24(19-29(31)32)25-11-8-18-34-25/h5-18,23-24H,19H2,1-4H3/b17-16-/t23-,24?/m1/s1. The summed E-state index contributed by atoms with van der Waals surface area (Å²) in [6, 6.07) is 19.8. The lowest BCUT2D eigenvalue weighted by atomic mass is 9.84. The Labute approximate surface area is 204 Å². The van der Waals surface area contributed by atoms with Gasteiger partial charge in [-0.2, -0.15) is 0 Å². The number of anilines is 1. The molecule has 184 valence electrons. The molecule has 0 N–H and O–H groups in total. The average molecular weight is 479 g/mol. The normalized spacial score (nSPS) is 13.3. The predicted molar refractivity (Wildman–Crippen MR) is 133 cm³/mol. The number of allylic oxidation sites excluding steroid dienone is 1. The quantitative estimate of drug-likeness (QED) is 0.261. The molecule has 0 bridgehead atoms. The third-order valence-electron chi connectivity index (χ3n) is 5.26. The van der Waals surface area contributed by atoms with Crippen molar-refractivity contribution in [2.75, 3.05) is 18.6 Å². The summed E-state index contributed by atoms with van der Waals surface area (Å²) in [4.78, 5) is 25.7. The van der Waals surface area contributed by atoms with Crippen LogP contribution in [0.3, 0.4) is 0 Å². The van der Waals surface area contributed by atoms with Crippen LogP contribution < -0.4 is 9.64 Å². The monoisotopic (exact) mass is 478 g/mol. The topological polar surface area (TPSA) is 95.0 Å². The summed E-state index contributed by atoms with van der Waals surface area (Å²) in [6.07, 6.45) is 4.30. The van der Waals surface area contributed by atoms with Gasteiger partial charge in [-0.25, -0.2) is 4.79 Å². The fourth-order valence-electron chi connectivity index (χ4n) is 3.68. The molecule has 1 aromatic heterocycles. The van der Waals surface area contributed by atoms with Gasteiger partial charge in [-0.3, -0.25) is 15.0 Å². The second kappa shape index (κ2) is 11.4. The molecule has 3 rings (SSSR count). The summed E-state index contributed by atoms with van der Waals surface area (Å²) in [5.41, 5.74) is 0.703. The first kappa shape index (κ1) is 25.6. The molecule has 0 spiro atoms. The zero-order valence-corrected chi connectivity index (χ0v) is 20.3. The van der Waals surface area contributed by atoms with Crippen LogP contribution >= 0.6 is 0 Å². The van der Waals surface area contributed by atoms with E-state index in [1.807, 2.05) is 30.3 Å². The maximum atomic E-state index is 13.1. The van der Waals surface area contributed by atoms with Crippen LogP contribution in [0.4, 0.5) is 10.5 Å². The molecule has 0 aliphatic carbocycles. The van der Waals surface area contributed by atoms with E-state index in [-0.39, 0.29) is 11.5 Å². The minimum atomic E-state index is -0.712. The van der Waals surface area contributed by atoms with Crippen LogP contribution in [-0.2, 0) is 4.74 Å². The molecule has 0 fully saturated rings. The zero-order chi connectivity index (χ0) is 25.4. The molecule has 0 saturated heterocycles. The van der Waals surface area contributed by atoms with Gasteiger partial charge < -0.3 is 13.9 Å². The van der Waals surface area contributed by atoms with Crippen molar-refractivity contribution in [3.05, 3.63) is 107 Å². The summed E-state index contributed by atoms with van der Waals surface area (Å²) >= 11 is 0. The van der Waals surface area contributed by atoms with Gasteiger partial charge in [0, 0.05) is 17.0 Å². The van der Waals surface area contributed by atoms with Crippen molar-refractivity contribution < 1.29 is 23.6 Å². The summed E-state index contributed by atoms with van der Waals surface area (Å²) in [5.74, 6) is 0.104. The van der Waals surface area contributed by atoms with Crippen LogP contribution in [0.5, 0.6) is 5.75 Å². The van der Waals surface area contributed by atoms with Gasteiger partial charge in [0.2, 0.25) is 6.54 Å². The van der Waals surface area contributed by atoms with Crippen molar-refractivity contribution in [2.24, 2.45) is 0 Å². The number of rotatable bonds is 9. The maximum absolute atomic E-state index is 13.1. The molecule has 2 atom stereocenters. The van der Waals surface area contributed by atoms with Crippen LogP contribution in [0.15, 0.2) is 89.7 Å². The van der Waals surface area contributed by atoms with Gasteiger partial charge in [-0.1, -0.05) is 36.4 Å². The lowest BCUT2D eigenvalue weighted by Gasteiger charge is -2.26. The Bertz CT molecular complexity index is 1120. The molecule has 1 unspecified atom stereocenters. The molecule has 35 heavy (non-hydrogen) atoms. The van der Waals surface area contributed by atoms with Crippen LogP contribution in [0, 0.1) is 10.1 Å². The minimum Gasteiger partial charge on any atom is -0.497 e. The number of carbonyl (C=O) groups is 1. The SMILES string of the molecule is COc1ccc(N(/C=C\[C@H](c2ccccc2)C(C[N+](=O)[O-])c2ccco2)C(=O)OC(C)(C)C)cc1. The Morgan fingerprint density at radius 2 is 1.77 bits per heavy atom. The molecule has 8 nitrogen and oxygen atoms in total. The Hall–Kier alpha value is -4.07. The van der Waals surface area contributed by atoms with Crippen molar-refractivity contribution in [3.63, 3.8) is 0 Å². The number of hydrogen-bond acceptors (Lipinski definition) is 6. The van der Waals surface area contributed by atoms with Crippen molar-refractivity contribution >= 4 is 11.8 Å². The third-order valence-corrected chi connectivity index (χ3v) is 5.26. The highest BCUT2D eigenvalue weighted by atomic mass is 16.6. The van der Waals surface area contributed by atoms with E-state index in [2.05, 4.69) is 0 Å². The lowest BCUT2D eigenvalue weighted by molar-refractivity contribution is -0.484. The van der Waals surface area contributed by atoms with E-state index in [0.717, 1.165) is 5.56 Å². The van der Waals surface area contributed by atoms with Gasteiger partial charge in [0.25, 0.3) is 0 Å². The average Bonchev–Trinajstić information content (AvgIpc) is 3.35. The van der Waals surface area contributed by atoms with E-state index in [1.165, 1.54) is 11.2 Å². The number of hydrogen-bond donors (Lipinski definition) is 0. The van der Waals surface area contributed by atoms with Crippen molar-refractivity contribution in [1.29, 1.82) is 0 Å². The molecule has 1 heterocycles. The molecule has 3 aromatic rings. The number of benzene rings is 2. The highest BCUT2D eigenvalue weighted by Crippen LogP contribution is 2.35. The molecule has 8 heteroatoms. The van der Waals surface area contributed by atoms with Gasteiger partial charge in [0.1, 0.15) is 17.1 Å². The Morgan fingerprint density at radius 1 is 1.09 bits per heavy atom. The lowest BCUT2D eigenvalue weighted by Crippen LogP contribution is -2.33. The van der Waals surface area contributed by atoms with Gasteiger partial charge >= 0.3 is 6.09 Å². The van der Waals surface area contributed by atoms with E-state index < -0.39 is 23.5 Å². The van der Waals surface area contributed by atoms with E-state index in [9.17, 15) is 14.9 Å². The minimum absolute atomic E-state index is 0.341. The number of methoxy groups -OCH3 is 1. The maximum Gasteiger partial charge on any atom is 0.418 e. The summed E-state index contributed by atoms with van der Waals surface area (Å²) in [6.45, 7) is 5.03. The van der Waals surface area contributed by atoms with Gasteiger partial charge in [-0.05, 0) is 62.7 Å². The molecule has 0 aliphatic rings. The van der Waals surface area contributed by atoms with Crippen LogP contribution in [0.2, 0.25) is 0 Å². The van der Waals surface area contributed by atoms with E-state index in [1.54, 1.807) is 76.6 Å². The number of furan rings is 1. The Kier molecular flexibility index (Phi) is 8.30. The number of nitrogens with zero attached hydrogens (tertiary/aromatic N) is 2. The number of amides is 1. The van der Waals surface area contributed by atoms with Gasteiger partial charge in [0.15, 0.2) is 0 Å². The molecule has 1 amide bonds. The number of nitro groups is 1. The Balaban J connectivity index is 2.05. The fourth-order valence-corrected chi connectivity index (χ4v) is 3.68. The van der Waals surface area contributed by atoms with E-state index in [0.29, 0.717) is 17.2 Å². The molecule has 0 saturated carbocycles. The number of ether oxygens (including phenoxy) is 2. The molecule has 2 aromatic carbocycles. The van der Waals surface area contributed by atoms with Crippen molar-refractivity contribution in [1.82, 2.24) is 0 Å². The highest BCUT2D eigenvalue weighted by Gasteiger charge is 2.31. The molecular formula is C27H30N2O6. The van der Waals surface area contributed by atoms with Crippen molar-refractivity contribution in [2.45, 2.75) is 38.2 Å². The molecular weight excluding hydrogens is 448 g/mol. The second-order valence-corrected chi connectivity index (χ2v) is 8.96. The molecule has 0 aliphatic heterocycles. The summed E-state index contributed by atoms with van der Waals surface area (Å²) < 4.78 is 16.4. The predicted octanol–water partition coefficient (Wildman–Crippen LogP) is 6.39. The van der Waals surface area contributed by atoms with Crippen LogP contribution in [-0.4, -0.2) is 30.3 Å². The van der Waals surface area contributed by atoms with Gasteiger partial charge in [0.05, 0.1) is 25.0 Å². The van der Waals surface area contributed by atoms with Crippen LogP contribution in [0.25, 0.3) is 0 Å². The first-order valence-electron chi connectivity index (χ1n) is 11.2. The highest BCUT2D eigenvalue weighted by molar-refractivity contribution is 5.90. The van der Waals surface area contributed by atoms with E-state index >= 15 is 0 Å². The second-order valence-electron chi connectivity index (χ2n) is 8.96. The number of carbonyl (C=O) groups excluding carboxylic acids is 1. The van der Waals surface area contributed by atoms with E-state index in [4.69, 9.17) is 13.9 Å². The largest absolute Gasteiger partial charge is 0.497 e. The first-order chi connectivity index (χ1) is 16.7. The Morgan fingerprint density at radius 3 is 2.31 bits per heavy atom. The third kappa shape index (κ3) is 7.20. The zero-order valence-electron chi connectivity index (χ0n) is 20.3. The van der Waals surface area contributed by atoms with Gasteiger partial charge in [-0.15, -0.1) is 0 Å². The summed E-state index contributed by atoms with van der Waals surface area (Å²) in [5, 5.41) is 11.6. The fraction of sp³-hybridized carbons (Fsp3) is 0.296. The molecule has 0 radical (unpaired) electrons. The van der Waals surface area contributed by atoms with Crippen LogP contribution in [0.1, 0.15) is 43.9 Å².